The maximum absolute atomic E-state index is 6.17. The van der Waals surface area contributed by atoms with Gasteiger partial charge in [0.15, 0.2) is 0 Å². The predicted molar refractivity (Wildman–Crippen MR) is 57.2 cm³/mol. The van der Waals surface area contributed by atoms with Crippen LogP contribution in [0.3, 0.4) is 0 Å². The number of methoxy groups -OCH3 is 1. The molecule has 0 aromatic heterocycles. The lowest BCUT2D eigenvalue weighted by Gasteiger charge is -2.43. The molecule has 3 heteroatoms. The zero-order valence-corrected chi connectivity index (χ0v) is 9.75. The molecule has 1 aliphatic rings. The van der Waals surface area contributed by atoms with Crippen molar-refractivity contribution in [1.82, 2.24) is 0 Å². The highest BCUT2D eigenvalue weighted by Crippen LogP contribution is 2.29. The first-order valence-electron chi connectivity index (χ1n) is 5.39. The van der Waals surface area contributed by atoms with Crippen LogP contribution in [-0.2, 0) is 9.47 Å². The van der Waals surface area contributed by atoms with Crippen molar-refractivity contribution in [2.45, 2.75) is 38.8 Å². The van der Waals surface area contributed by atoms with Crippen LogP contribution in [0.1, 0.15) is 27.2 Å². The third kappa shape index (κ3) is 2.47. The van der Waals surface area contributed by atoms with Crippen LogP contribution in [-0.4, -0.2) is 32.0 Å². The molecule has 3 unspecified atom stereocenters. The molecule has 1 aliphatic heterocycles. The maximum Gasteiger partial charge on any atom is 0.0672 e. The van der Waals surface area contributed by atoms with Gasteiger partial charge in [0.25, 0.3) is 0 Å². The van der Waals surface area contributed by atoms with Gasteiger partial charge in [0.2, 0.25) is 0 Å². The molecule has 2 N–H and O–H groups in total. The van der Waals surface area contributed by atoms with Gasteiger partial charge < -0.3 is 15.2 Å². The normalized spacial score (nSPS) is 26.4. The van der Waals surface area contributed by atoms with Gasteiger partial charge in [0, 0.05) is 7.11 Å². The second kappa shape index (κ2) is 4.60. The van der Waals surface area contributed by atoms with Crippen LogP contribution >= 0.6 is 0 Å². The summed E-state index contributed by atoms with van der Waals surface area (Å²) in [5.74, 6) is 1.06. The Balaban J connectivity index is 2.35. The first-order valence-corrected chi connectivity index (χ1v) is 5.39. The third-order valence-corrected chi connectivity index (χ3v) is 3.62. The highest BCUT2D eigenvalue weighted by Gasteiger charge is 2.40. The molecule has 14 heavy (non-hydrogen) atoms. The SMILES string of the molecule is COC(C)C(C)CC(C)C1(N)COC1. The Bertz CT molecular complexity index is 180. The number of ether oxygens (including phenoxy) is 2. The molecular weight excluding hydrogens is 178 g/mol. The van der Waals surface area contributed by atoms with Crippen molar-refractivity contribution < 1.29 is 9.47 Å². The van der Waals surface area contributed by atoms with Crippen molar-refractivity contribution in [1.29, 1.82) is 0 Å². The zero-order chi connectivity index (χ0) is 10.8. The highest BCUT2D eigenvalue weighted by atomic mass is 16.5. The fraction of sp³-hybridized carbons (Fsp3) is 1.00. The Kier molecular flexibility index (Phi) is 3.93. The number of hydrogen-bond donors (Lipinski definition) is 1. The topological polar surface area (TPSA) is 44.5 Å². The van der Waals surface area contributed by atoms with Gasteiger partial charge in [-0.1, -0.05) is 13.8 Å². The molecule has 84 valence electrons. The van der Waals surface area contributed by atoms with Gasteiger partial charge in [-0.05, 0) is 25.2 Å². The monoisotopic (exact) mass is 201 g/mol. The van der Waals surface area contributed by atoms with Crippen LogP contribution in [0.25, 0.3) is 0 Å². The summed E-state index contributed by atoms with van der Waals surface area (Å²) in [6.07, 6.45) is 1.41. The third-order valence-electron chi connectivity index (χ3n) is 3.62. The lowest BCUT2D eigenvalue weighted by atomic mass is 9.78. The van der Waals surface area contributed by atoms with Crippen molar-refractivity contribution in [3.05, 3.63) is 0 Å². The van der Waals surface area contributed by atoms with Crippen LogP contribution in [0, 0.1) is 11.8 Å². The van der Waals surface area contributed by atoms with E-state index in [4.69, 9.17) is 15.2 Å². The molecule has 0 amide bonds. The molecule has 3 atom stereocenters. The maximum atomic E-state index is 6.17. The molecule has 0 spiro atoms. The van der Waals surface area contributed by atoms with Crippen LogP contribution in [0.5, 0.6) is 0 Å². The summed E-state index contributed by atoms with van der Waals surface area (Å²) in [6.45, 7) is 7.96. The molecule has 1 heterocycles. The van der Waals surface area contributed by atoms with Crippen molar-refractivity contribution in [2.75, 3.05) is 20.3 Å². The summed E-state index contributed by atoms with van der Waals surface area (Å²) in [5.41, 5.74) is 6.09. The molecule has 0 bridgehead atoms. The van der Waals surface area contributed by atoms with Crippen LogP contribution in [0.2, 0.25) is 0 Å². The molecule has 0 saturated carbocycles. The average Bonchev–Trinajstić information content (AvgIpc) is 2.12. The minimum atomic E-state index is -0.0816. The van der Waals surface area contributed by atoms with Gasteiger partial charge in [-0.25, -0.2) is 0 Å². The standard InChI is InChI=1S/C11H23NO2/c1-8(10(3)13-4)5-9(2)11(12)6-14-7-11/h8-10H,5-7,12H2,1-4H3. The summed E-state index contributed by atoms with van der Waals surface area (Å²) >= 11 is 0. The van der Waals surface area contributed by atoms with E-state index in [1.165, 1.54) is 0 Å². The fourth-order valence-corrected chi connectivity index (χ4v) is 1.84. The van der Waals surface area contributed by atoms with E-state index in [0.717, 1.165) is 6.42 Å². The van der Waals surface area contributed by atoms with Crippen LogP contribution < -0.4 is 5.73 Å². The van der Waals surface area contributed by atoms with Gasteiger partial charge in [-0.2, -0.15) is 0 Å². The van der Waals surface area contributed by atoms with E-state index in [9.17, 15) is 0 Å². The zero-order valence-electron chi connectivity index (χ0n) is 9.75. The summed E-state index contributed by atoms with van der Waals surface area (Å²) in [7, 11) is 1.76. The number of nitrogens with two attached hydrogens (primary N) is 1. The molecule has 3 nitrogen and oxygen atoms in total. The Morgan fingerprint density at radius 1 is 1.36 bits per heavy atom. The van der Waals surface area contributed by atoms with Crippen molar-refractivity contribution in [3.8, 4) is 0 Å². The van der Waals surface area contributed by atoms with Gasteiger partial charge >= 0.3 is 0 Å². The van der Waals surface area contributed by atoms with Crippen LogP contribution in [0.4, 0.5) is 0 Å². The molecule has 1 rings (SSSR count). The number of hydrogen-bond acceptors (Lipinski definition) is 3. The van der Waals surface area contributed by atoms with E-state index in [-0.39, 0.29) is 5.54 Å². The summed E-state index contributed by atoms with van der Waals surface area (Å²) in [6, 6.07) is 0. The fourth-order valence-electron chi connectivity index (χ4n) is 1.84. The van der Waals surface area contributed by atoms with Gasteiger partial charge in [-0.3, -0.25) is 0 Å². The Hall–Kier alpha value is -0.120. The van der Waals surface area contributed by atoms with E-state index in [0.29, 0.717) is 31.2 Å². The van der Waals surface area contributed by atoms with E-state index in [1.54, 1.807) is 7.11 Å². The van der Waals surface area contributed by atoms with Gasteiger partial charge in [-0.15, -0.1) is 0 Å². The van der Waals surface area contributed by atoms with E-state index >= 15 is 0 Å². The number of rotatable bonds is 5. The van der Waals surface area contributed by atoms with Gasteiger partial charge in [0.1, 0.15) is 0 Å². The minimum Gasteiger partial charge on any atom is -0.381 e. The molecule has 1 saturated heterocycles. The first kappa shape index (κ1) is 12.0. The predicted octanol–water partition coefficient (Wildman–Crippen LogP) is 1.41. The van der Waals surface area contributed by atoms with E-state index in [1.807, 2.05) is 0 Å². The highest BCUT2D eigenvalue weighted by molar-refractivity contribution is 4.95. The average molecular weight is 201 g/mol. The molecule has 0 aliphatic carbocycles. The lowest BCUT2D eigenvalue weighted by molar-refractivity contribution is -0.0863. The summed E-state index contributed by atoms with van der Waals surface area (Å²) < 4.78 is 10.5. The smallest absolute Gasteiger partial charge is 0.0672 e. The van der Waals surface area contributed by atoms with Crippen molar-refractivity contribution in [2.24, 2.45) is 17.6 Å². The minimum absolute atomic E-state index is 0.0816. The Morgan fingerprint density at radius 2 is 1.93 bits per heavy atom. The Labute approximate surface area is 86.9 Å². The molecule has 0 aromatic carbocycles. The second-order valence-electron chi connectivity index (χ2n) is 4.78. The quantitative estimate of drug-likeness (QED) is 0.731. The molecule has 1 fully saturated rings. The largest absolute Gasteiger partial charge is 0.381 e. The van der Waals surface area contributed by atoms with Crippen molar-refractivity contribution in [3.63, 3.8) is 0 Å². The van der Waals surface area contributed by atoms with E-state index < -0.39 is 0 Å². The second-order valence-corrected chi connectivity index (χ2v) is 4.78. The summed E-state index contributed by atoms with van der Waals surface area (Å²) in [4.78, 5) is 0. The molecule has 0 aromatic rings. The Morgan fingerprint density at radius 3 is 2.29 bits per heavy atom. The molecular formula is C11H23NO2. The van der Waals surface area contributed by atoms with Gasteiger partial charge in [0.05, 0.1) is 24.9 Å². The summed E-state index contributed by atoms with van der Waals surface area (Å²) in [5, 5.41) is 0. The first-order chi connectivity index (χ1) is 6.49. The molecule has 0 radical (unpaired) electrons. The van der Waals surface area contributed by atoms with Crippen molar-refractivity contribution >= 4 is 0 Å². The lowest BCUT2D eigenvalue weighted by Crippen LogP contribution is -2.62. The van der Waals surface area contributed by atoms with Crippen LogP contribution in [0.15, 0.2) is 0 Å². The van der Waals surface area contributed by atoms with E-state index in [2.05, 4.69) is 20.8 Å².